The van der Waals surface area contributed by atoms with Gasteiger partial charge in [0.05, 0.1) is 42.8 Å². The van der Waals surface area contributed by atoms with Gasteiger partial charge in [-0.3, -0.25) is 9.78 Å². The largest absolute Gasteiger partial charge is 0.493 e. The van der Waals surface area contributed by atoms with Gasteiger partial charge in [0.15, 0.2) is 29.5 Å². The van der Waals surface area contributed by atoms with Gasteiger partial charge in [-0.1, -0.05) is 11.6 Å². The first-order valence-corrected chi connectivity index (χ1v) is 12.6. The number of nitrogens with one attached hydrogen (secondary N) is 1. The summed E-state index contributed by atoms with van der Waals surface area (Å²) >= 11 is 6.06. The van der Waals surface area contributed by atoms with Crippen molar-refractivity contribution in [2.45, 2.75) is 6.18 Å². The lowest BCUT2D eigenvalue weighted by Gasteiger charge is -2.12. The topological polar surface area (TPSA) is 110 Å². The number of hydrogen-bond acceptors (Lipinski definition) is 8. The summed E-state index contributed by atoms with van der Waals surface area (Å²) < 4.78 is 74.6. The van der Waals surface area contributed by atoms with E-state index in [-0.39, 0.29) is 16.5 Å². The Bertz CT molecular complexity index is 1800. The van der Waals surface area contributed by atoms with Crippen LogP contribution < -0.4 is 24.3 Å². The second kappa shape index (κ2) is 12.0. The summed E-state index contributed by atoms with van der Waals surface area (Å²) in [5.74, 6) is -0.262. The molecule has 1 N–H and O–H groups in total. The Morgan fingerprint density at radius 1 is 0.977 bits per heavy atom. The van der Waals surface area contributed by atoms with Crippen molar-refractivity contribution in [1.82, 2.24) is 19.7 Å². The smallest absolute Gasteiger partial charge is 0.422 e. The van der Waals surface area contributed by atoms with Crippen LogP contribution in [-0.2, 0) is 0 Å². The number of alkyl halides is 3. The van der Waals surface area contributed by atoms with Gasteiger partial charge in [0.25, 0.3) is 5.91 Å². The van der Waals surface area contributed by atoms with E-state index in [9.17, 15) is 22.4 Å². The number of benzene rings is 2. The molecule has 3 aromatic heterocycles. The average molecular weight is 618 g/mol. The molecule has 5 rings (SSSR count). The van der Waals surface area contributed by atoms with Crippen LogP contribution in [0, 0.1) is 5.82 Å². The minimum atomic E-state index is -4.68. The van der Waals surface area contributed by atoms with Gasteiger partial charge in [-0.2, -0.15) is 18.3 Å². The van der Waals surface area contributed by atoms with Crippen LogP contribution in [-0.4, -0.2) is 52.7 Å². The van der Waals surface area contributed by atoms with Crippen LogP contribution in [0.5, 0.6) is 28.7 Å². The Labute approximate surface area is 245 Å². The van der Waals surface area contributed by atoms with Gasteiger partial charge in [-0.25, -0.2) is 14.1 Å². The van der Waals surface area contributed by atoms with E-state index in [1.165, 1.54) is 38.6 Å². The van der Waals surface area contributed by atoms with Crippen LogP contribution in [0.3, 0.4) is 0 Å². The molecule has 2 aromatic carbocycles. The number of nitrogens with zero attached hydrogens (tertiary/aromatic N) is 4. The first kappa shape index (κ1) is 29.4. The van der Waals surface area contributed by atoms with Crippen LogP contribution >= 0.6 is 11.6 Å². The molecule has 0 saturated carbocycles. The van der Waals surface area contributed by atoms with E-state index in [1.807, 2.05) is 0 Å². The summed E-state index contributed by atoms with van der Waals surface area (Å²) in [5, 5.41) is 7.03. The fraction of sp³-hybridized carbons (Fsp3) is 0.143. The normalized spacial score (nSPS) is 11.3. The monoisotopic (exact) mass is 617 g/mol. The molecule has 0 radical (unpaired) electrons. The van der Waals surface area contributed by atoms with Gasteiger partial charge in [0.2, 0.25) is 0 Å². The minimum absolute atomic E-state index is 0.0412. The molecule has 0 atom stereocenters. The van der Waals surface area contributed by atoms with Crippen LogP contribution in [0.1, 0.15) is 10.5 Å². The van der Waals surface area contributed by atoms with Crippen LogP contribution in [0.25, 0.3) is 16.6 Å². The number of carbonyl (C=O) groups is 1. The first-order valence-electron chi connectivity index (χ1n) is 12.3. The lowest BCUT2D eigenvalue weighted by molar-refractivity contribution is -0.153. The number of aromatic nitrogens is 4. The Balaban J connectivity index is 1.37. The summed E-state index contributed by atoms with van der Waals surface area (Å²) in [6, 6.07) is 11.3. The highest BCUT2D eigenvalue weighted by Crippen LogP contribution is 2.37. The number of anilines is 1. The third kappa shape index (κ3) is 6.70. The molecule has 0 spiro atoms. The Morgan fingerprint density at radius 2 is 1.74 bits per heavy atom. The Hall–Kier alpha value is -5.11. The summed E-state index contributed by atoms with van der Waals surface area (Å²) in [6.07, 6.45) is -0.755. The van der Waals surface area contributed by atoms with Crippen molar-refractivity contribution in [3.8, 4) is 34.4 Å². The van der Waals surface area contributed by atoms with Crippen LogP contribution in [0.4, 0.5) is 23.4 Å². The zero-order valence-electron chi connectivity index (χ0n) is 22.3. The van der Waals surface area contributed by atoms with Gasteiger partial charge in [0, 0.05) is 17.6 Å². The number of fused-ring (bicyclic) bond motifs is 1. The van der Waals surface area contributed by atoms with Crippen molar-refractivity contribution in [3.63, 3.8) is 0 Å². The van der Waals surface area contributed by atoms with E-state index in [4.69, 9.17) is 30.5 Å². The number of hydrogen-bond donors (Lipinski definition) is 1. The number of ether oxygens (including phenoxy) is 4. The molecule has 43 heavy (non-hydrogen) atoms. The lowest BCUT2D eigenvalue weighted by atomic mass is 10.2. The van der Waals surface area contributed by atoms with Crippen molar-refractivity contribution in [3.05, 3.63) is 83.7 Å². The molecular formula is C28H20ClF4N5O5. The molecule has 0 aliphatic heterocycles. The number of halogens is 5. The van der Waals surface area contributed by atoms with Crippen molar-refractivity contribution >= 4 is 34.2 Å². The fourth-order valence-corrected chi connectivity index (χ4v) is 4.18. The SMILES string of the molecule is COc1cc2nccc(Oc3ccc(NC(=O)c4nn(-c5ccc(F)cc5Cl)cc4OCC(F)(F)F)nc3)c2cc1OC. The lowest BCUT2D eigenvalue weighted by Crippen LogP contribution is -2.21. The molecule has 10 nitrogen and oxygen atoms in total. The van der Waals surface area contributed by atoms with Gasteiger partial charge >= 0.3 is 6.18 Å². The van der Waals surface area contributed by atoms with E-state index in [0.717, 1.165) is 23.0 Å². The first-order chi connectivity index (χ1) is 20.5. The maximum absolute atomic E-state index is 13.5. The number of amides is 1. The predicted molar refractivity (Wildman–Crippen MR) is 147 cm³/mol. The Morgan fingerprint density at radius 3 is 2.42 bits per heavy atom. The summed E-state index contributed by atoms with van der Waals surface area (Å²) in [5.41, 5.74) is 0.217. The summed E-state index contributed by atoms with van der Waals surface area (Å²) in [4.78, 5) is 21.5. The van der Waals surface area contributed by atoms with E-state index in [2.05, 4.69) is 20.4 Å². The van der Waals surface area contributed by atoms with Crippen molar-refractivity contribution in [2.24, 2.45) is 0 Å². The molecule has 222 valence electrons. The van der Waals surface area contributed by atoms with Gasteiger partial charge in [-0.15, -0.1) is 0 Å². The molecule has 0 aliphatic carbocycles. The quantitative estimate of drug-likeness (QED) is 0.184. The molecule has 0 unspecified atom stereocenters. The van der Waals surface area contributed by atoms with E-state index >= 15 is 0 Å². The van der Waals surface area contributed by atoms with Gasteiger partial charge < -0.3 is 24.3 Å². The summed E-state index contributed by atoms with van der Waals surface area (Å²) in [7, 11) is 3.02. The molecule has 1 amide bonds. The van der Waals surface area contributed by atoms with E-state index in [0.29, 0.717) is 33.9 Å². The van der Waals surface area contributed by atoms with E-state index < -0.39 is 36.0 Å². The zero-order valence-corrected chi connectivity index (χ0v) is 23.0. The molecule has 0 fully saturated rings. The average Bonchev–Trinajstić information content (AvgIpc) is 3.40. The van der Waals surface area contributed by atoms with Crippen LogP contribution in [0.15, 0.2) is 67.1 Å². The molecule has 0 saturated heterocycles. The summed E-state index contributed by atoms with van der Waals surface area (Å²) in [6.45, 7) is -1.68. The van der Waals surface area contributed by atoms with Crippen molar-refractivity contribution in [1.29, 1.82) is 0 Å². The third-order valence-corrected chi connectivity index (χ3v) is 6.16. The number of pyridine rings is 2. The van der Waals surface area contributed by atoms with Crippen molar-refractivity contribution < 1.29 is 41.3 Å². The second-order valence-corrected chi connectivity index (χ2v) is 9.16. The van der Waals surface area contributed by atoms with E-state index in [1.54, 1.807) is 24.4 Å². The third-order valence-electron chi connectivity index (χ3n) is 5.86. The molecule has 15 heteroatoms. The Kier molecular flexibility index (Phi) is 8.21. The minimum Gasteiger partial charge on any atom is -0.493 e. The second-order valence-electron chi connectivity index (χ2n) is 8.75. The molecule has 0 bridgehead atoms. The highest BCUT2D eigenvalue weighted by Gasteiger charge is 2.30. The standard InChI is InChI=1S/C28H20ClF4N5O5/c1-40-22-10-17-19(11-23(22)41-2)34-8-7-21(17)43-16-4-6-25(35-12-16)36-27(39)26-24(42-14-28(31,32)33)13-38(37-26)20-5-3-15(30)9-18(20)29/h3-13H,14H2,1-2H3,(H,35,36,39). The molecule has 0 aliphatic rings. The predicted octanol–water partition coefficient (Wildman–Crippen LogP) is 6.61. The zero-order chi connectivity index (χ0) is 30.7. The molecule has 5 aromatic rings. The van der Waals surface area contributed by atoms with Crippen molar-refractivity contribution in [2.75, 3.05) is 26.1 Å². The van der Waals surface area contributed by atoms with Gasteiger partial charge in [-0.05, 0) is 42.5 Å². The fourth-order valence-electron chi connectivity index (χ4n) is 3.92. The molecule has 3 heterocycles. The highest BCUT2D eigenvalue weighted by atomic mass is 35.5. The number of methoxy groups -OCH3 is 2. The molecular weight excluding hydrogens is 598 g/mol. The maximum Gasteiger partial charge on any atom is 0.422 e. The van der Waals surface area contributed by atoms with Gasteiger partial charge in [0.1, 0.15) is 23.1 Å². The van der Waals surface area contributed by atoms with Crippen LogP contribution in [0.2, 0.25) is 5.02 Å². The maximum atomic E-state index is 13.5. The highest BCUT2D eigenvalue weighted by molar-refractivity contribution is 6.32. The number of carbonyl (C=O) groups excluding carboxylic acids is 1. The number of rotatable bonds is 9.